The molecule has 0 atom stereocenters. The molecule has 6 nitrogen and oxygen atoms in total. The number of carbonyl (C=O) groups excluding carboxylic acids is 1. The van der Waals surface area contributed by atoms with E-state index < -0.39 is 5.97 Å². The minimum absolute atomic E-state index is 0.252. The summed E-state index contributed by atoms with van der Waals surface area (Å²) in [5.41, 5.74) is 2.16. The predicted molar refractivity (Wildman–Crippen MR) is 86.6 cm³/mol. The van der Waals surface area contributed by atoms with E-state index >= 15 is 0 Å². The van der Waals surface area contributed by atoms with Gasteiger partial charge in [0.15, 0.2) is 0 Å². The van der Waals surface area contributed by atoms with Gasteiger partial charge in [-0.1, -0.05) is 30.3 Å². The molecule has 0 spiro atoms. The lowest BCUT2D eigenvalue weighted by Gasteiger charge is -2.05. The van der Waals surface area contributed by atoms with Crippen molar-refractivity contribution in [3.63, 3.8) is 0 Å². The lowest BCUT2D eigenvalue weighted by atomic mass is 10.1. The maximum Gasteiger partial charge on any atom is 0.339 e. The van der Waals surface area contributed by atoms with E-state index in [2.05, 4.69) is 10.1 Å². The highest BCUT2D eigenvalue weighted by molar-refractivity contribution is 6.03. The summed E-state index contributed by atoms with van der Waals surface area (Å²) in [6.07, 6.45) is 0. The second-order valence-electron chi connectivity index (χ2n) is 5.22. The van der Waals surface area contributed by atoms with E-state index in [0.717, 1.165) is 5.56 Å². The molecule has 0 saturated heterocycles. The third-order valence-electron chi connectivity index (χ3n) is 3.58. The van der Waals surface area contributed by atoms with E-state index in [1.807, 2.05) is 37.3 Å². The second kappa shape index (κ2) is 6.08. The zero-order chi connectivity index (χ0) is 16.4. The SMILES string of the molecule is CCOC(=O)c1cc(=O)[nH]c2c1c(C)nn2Cc1ccccc1. The second-order valence-corrected chi connectivity index (χ2v) is 5.22. The predicted octanol–water partition coefficient (Wildman–Crippen LogP) is 2.26. The van der Waals surface area contributed by atoms with E-state index in [1.165, 1.54) is 6.07 Å². The van der Waals surface area contributed by atoms with Gasteiger partial charge in [-0.3, -0.25) is 4.79 Å². The van der Waals surface area contributed by atoms with Crippen molar-refractivity contribution >= 4 is 17.0 Å². The summed E-state index contributed by atoms with van der Waals surface area (Å²) in [4.78, 5) is 26.8. The molecule has 0 unspecified atom stereocenters. The number of pyridine rings is 1. The highest BCUT2D eigenvalue weighted by atomic mass is 16.5. The van der Waals surface area contributed by atoms with Crippen LogP contribution in [0.1, 0.15) is 28.5 Å². The summed E-state index contributed by atoms with van der Waals surface area (Å²) in [7, 11) is 0. The Bertz CT molecular complexity index is 910. The monoisotopic (exact) mass is 311 g/mol. The molecule has 1 aromatic carbocycles. The van der Waals surface area contributed by atoms with Gasteiger partial charge in [0, 0.05) is 6.07 Å². The Balaban J connectivity index is 2.15. The number of ether oxygens (including phenoxy) is 1. The highest BCUT2D eigenvalue weighted by Gasteiger charge is 2.19. The molecule has 0 radical (unpaired) electrons. The zero-order valence-corrected chi connectivity index (χ0v) is 13.0. The summed E-state index contributed by atoms with van der Waals surface area (Å²) in [6, 6.07) is 11.1. The number of carbonyl (C=O) groups is 1. The van der Waals surface area contributed by atoms with Gasteiger partial charge in [0.1, 0.15) is 5.65 Å². The van der Waals surface area contributed by atoms with E-state index in [-0.39, 0.29) is 17.7 Å². The summed E-state index contributed by atoms with van der Waals surface area (Å²) >= 11 is 0. The van der Waals surface area contributed by atoms with Gasteiger partial charge in [0.05, 0.1) is 29.8 Å². The molecule has 3 rings (SSSR count). The average molecular weight is 311 g/mol. The molecule has 2 heterocycles. The largest absolute Gasteiger partial charge is 0.462 e. The van der Waals surface area contributed by atoms with Crippen LogP contribution in [0.15, 0.2) is 41.2 Å². The summed E-state index contributed by atoms with van der Waals surface area (Å²) in [5.74, 6) is -0.508. The zero-order valence-electron chi connectivity index (χ0n) is 13.0. The molecule has 0 amide bonds. The van der Waals surface area contributed by atoms with Crippen LogP contribution in [-0.4, -0.2) is 27.3 Å². The molecule has 3 aromatic rings. The van der Waals surface area contributed by atoms with Gasteiger partial charge in [0.25, 0.3) is 0 Å². The number of rotatable bonds is 4. The van der Waals surface area contributed by atoms with Gasteiger partial charge in [-0.15, -0.1) is 0 Å². The van der Waals surface area contributed by atoms with Crippen molar-refractivity contribution in [3.8, 4) is 0 Å². The Hall–Kier alpha value is -2.89. The van der Waals surface area contributed by atoms with Gasteiger partial charge in [-0.05, 0) is 19.4 Å². The minimum Gasteiger partial charge on any atom is -0.462 e. The molecule has 0 aliphatic carbocycles. The van der Waals surface area contributed by atoms with Crippen LogP contribution in [0.4, 0.5) is 0 Å². The molecule has 23 heavy (non-hydrogen) atoms. The first-order valence-corrected chi connectivity index (χ1v) is 7.41. The van der Waals surface area contributed by atoms with Crippen molar-refractivity contribution < 1.29 is 9.53 Å². The van der Waals surface area contributed by atoms with Crippen LogP contribution in [0.25, 0.3) is 11.0 Å². The number of nitrogens with zero attached hydrogens (tertiary/aromatic N) is 2. The van der Waals surface area contributed by atoms with Crippen LogP contribution in [-0.2, 0) is 11.3 Å². The van der Waals surface area contributed by atoms with Gasteiger partial charge >= 0.3 is 5.97 Å². The van der Waals surface area contributed by atoms with Crippen LogP contribution < -0.4 is 5.56 Å². The van der Waals surface area contributed by atoms with Crippen molar-refractivity contribution in [2.75, 3.05) is 6.61 Å². The Morgan fingerprint density at radius 3 is 2.74 bits per heavy atom. The molecule has 0 aliphatic rings. The van der Waals surface area contributed by atoms with Crippen molar-refractivity contribution in [1.29, 1.82) is 0 Å². The smallest absolute Gasteiger partial charge is 0.339 e. The van der Waals surface area contributed by atoms with Crippen LogP contribution in [0.2, 0.25) is 0 Å². The normalized spacial score (nSPS) is 10.9. The minimum atomic E-state index is -0.508. The van der Waals surface area contributed by atoms with E-state index in [0.29, 0.717) is 23.3 Å². The fraction of sp³-hybridized carbons (Fsp3) is 0.235. The van der Waals surface area contributed by atoms with Crippen LogP contribution in [0.3, 0.4) is 0 Å². The lowest BCUT2D eigenvalue weighted by Crippen LogP contribution is -2.14. The number of benzene rings is 1. The summed E-state index contributed by atoms with van der Waals surface area (Å²) < 4.78 is 6.74. The van der Waals surface area contributed by atoms with Crippen LogP contribution in [0, 0.1) is 6.92 Å². The number of hydrogen-bond acceptors (Lipinski definition) is 4. The number of aromatic amines is 1. The third-order valence-corrected chi connectivity index (χ3v) is 3.58. The molecule has 1 N–H and O–H groups in total. The van der Waals surface area contributed by atoms with Gasteiger partial charge in [-0.2, -0.15) is 5.10 Å². The van der Waals surface area contributed by atoms with Gasteiger partial charge in [0.2, 0.25) is 5.56 Å². The number of esters is 1. The number of aromatic nitrogens is 3. The standard InChI is InChI=1S/C17H17N3O3/c1-3-23-17(22)13-9-14(21)18-16-15(13)11(2)19-20(16)10-12-7-5-4-6-8-12/h4-9H,3,10H2,1-2H3,(H,18,21). The fourth-order valence-electron chi connectivity index (χ4n) is 2.63. The number of aryl methyl sites for hydroxylation is 1. The molecule has 2 aromatic heterocycles. The Kier molecular flexibility index (Phi) is 3.97. The average Bonchev–Trinajstić information content (AvgIpc) is 2.84. The first kappa shape index (κ1) is 15.0. The third kappa shape index (κ3) is 2.88. The lowest BCUT2D eigenvalue weighted by molar-refractivity contribution is 0.0528. The van der Waals surface area contributed by atoms with Crippen molar-refractivity contribution in [1.82, 2.24) is 14.8 Å². The number of H-pyrrole nitrogens is 1. The molecule has 6 heteroatoms. The summed E-state index contributed by atoms with van der Waals surface area (Å²) in [5, 5.41) is 5.09. The molecular weight excluding hydrogens is 294 g/mol. The molecule has 0 saturated carbocycles. The number of nitrogens with one attached hydrogen (secondary N) is 1. The van der Waals surface area contributed by atoms with E-state index in [4.69, 9.17) is 4.74 Å². The Morgan fingerprint density at radius 1 is 1.30 bits per heavy atom. The maximum atomic E-state index is 12.1. The van der Waals surface area contributed by atoms with Crippen LogP contribution >= 0.6 is 0 Å². The number of hydrogen-bond donors (Lipinski definition) is 1. The molecule has 118 valence electrons. The molecule has 0 bridgehead atoms. The Morgan fingerprint density at radius 2 is 2.04 bits per heavy atom. The van der Waals surface area contributed by atoms with Crippen molar-refractivity contribution in [2.24, 2.45) is 0 Å². The molecule has 0 aliphatic heterocycles. The number of fused-ring (bicyclic) bond motifs is 1. The molecular formula is C17H17N3O3. The highest BCUT2D eigenvalue weighted by Crippen LogP contribution is 2.21. The topological polar surface area (TPSA) is 77.0 Å². The first-order valence-electron chi connectivity index (χ1n) is 7.41. The molecule has 0 fully saturated rings. The fourth-order valence-corrected chi connectivity index (χ4v) is 2.63. The quantitative estimate of drug-likeness (QED) is 0.750. The Labute approximate surface area is 132 Å². The van der Waals surface area contributed by atoms with Gasteiger partial charge in [-0.25, -0.2) is 9.48 Å². The summed E-state index contributed by atoms with van der Waals surface area (Å²) in [6.45, 7) is 4.30. The van der Waals surface area contributed by atoms with E-state index in [9.17, 15) is 9.59 Å². The maximum absolute atomic E-state index is 12.1. The van der Waals surface area contributed by atoms with Crippen LogP contribution in [0.5, 0.6) is 0 Å². The van der Waals surface area contributed by atoms with Gasteiger partial charge < -0.3 is 9.72 Å². The van der Waals surface area contributed by atoms with E-state index in [1.54, 1.807) is 11.6 Å². The first-order chi connectivity index (χ1) is 11.1. The van der Waals surface area contributed by atoms with Crippen molar-refractivity contribution in [2.45, 2.75) is 20.4 Å². The van der Waals surface area contributed by atoms with Crippen molar-refractivity contribution in [3.05, 3.63) is 63.6 Å².